The van der Waals surface area contributed by atoms with Crippen molar-refractivity contribution in [3.8, 4) is 5.69 Å². The Morgan fingerprint density at radius 1 is 1.40 bits per heavy atom. The topological polar surface area (TPSA) is 70.1 Å². The Bertz CT molecular complexity index is 648. The van der Waals surface area contributed by atoms with Crippen LogP contribution in [0.15, 0.2) is 18.2 Å². The number of hydrogen-bond donors (Lipinski definition) is 1. The number of halogens is 2. The first kappa shape index (κ1) is 14.7. The molecule has 0 aliphatic rings. The number of carbonyl (C=O) groups is 1. The fraction of sp³-hybridized carbons (Fsp3) is 0.231. The molecule has 2 N–H and O–H groups in total. The second kappa shape index (κ2) is 5.73. The molecule has 0 saturated carbocycles. The highest BCUT2D eigenvalue weighted by Crippen LogP contribution is 2.32. The average Bonchev–Trinajstić information content (AvgIpc) is 2.67. The van der Waals surface area contributed by atoms with Gasteiger partial charge in [0.25, 0.3) is 0 Å². The van der Waals surface area contributed by atoms with Crippen molar-refractivity contribution in [3.05, 3.63) is 39.8 Å². The van der Waals surface area contributed by atoms with E-state index in [1.54, 1.807) is 32.0 Å². The summed E-state index contributed by atoms with van der Waals surface area (Å²) in [5.41, 5.74) is 6.54. The highest BCUT2D eigenvalue weighted by atomic mass is 35.5. The number of nitrogens with zero attached hydrogens (tertiary/aromatic N) is 2. The van der Waals surface area contributed by atoms with Crippen molar-refractivity contribution in [3.63, 3.8) is 0 Å². The van der Waals surface area contributed by atoms with Crippen molar-refractivity contribution in [1.29, 1.82) is 0 Å². The Balaban J connectivity index is 2.62. The molecule has 0 radical (unpaired) electrons. The highest BCUT2D eigenvalue weighted by molar-refractivity contribution is 6.37. The second-order valence-corrected chi connectivity index (χ2v) is 4.83. The van der Waals surface area contributed by atoms with Crippen molar-refractivity contribution in [1.82, 2.24) is 9.55 Å². The van der Waals surface area contributed by atoms with E-state index in [-0.39, 0.29) is 18.1 Å². The summed E-state index contributed by atoms with van der Waals surface area (Å²) in [4.78, 5) is 15.9. The minimum Gasteiger partial charge on any atom is -0.461 e. The lowest BCUT2D eigenvalue weighted by Crippen LogP contribution is -2.10. The van der Waals surface area contributed by atoms with E-state index < -0.39 is 5.97 Å². The van der Waals surface area contributed by atoms with Crippen molar-refractivity contribution in [2.45, 2.75) is 13.8 Å². The zero-order valence-corrected chi connectivity index (χ0v) is 12.5. The first-order chi connectivity index (χ1) is 9.47. The van der Waals surface area contributed by atoms with E-state index in [1.165, 1.54) is 4.57 Å². The average molecular weight is 314 g/mol. The lowest BCUT2D eigenvalue weighted by Gasteiger charge is -2.11. The number of benzene rings is 1. The van der Waals surface area contributed by atoms with Gasteiger partial charge < -0.3 is 10.5 Å². The predicted octanol–water partition coefficient (Wildman–Crippen LogP) is 3.25. The molecule has 0 amide bonds. The van der Waals surface area contributed by atoms with Crippen LogP contribution in [-0.4, -0.2) is 22.1 Å². The fourth-order valence-corrected chi connectivity index (χ4v) is 2.45. The number of anilines is 1. The minimum atomic E-state index is -0.574. The van der Waals surface area contributed by atoms with Crippen LogP contribution in [0.3, 0.4) is 0 Å². The van der Waals surface area contributed by atoms with Crippen LogP contribution in [0.1, 0.15) is 23.2 Å². The van der Waals surface area contributed by atoms with E-state index in [1.807, 2.05) is 0 Å². The molecule has 0 saturated heterocycles. The molecule has 1 aromatic carbocycles. The normalized spacial score (nSPS) is 10.6. The van der Waals surface area contributed by atoms with E-state index in [4.69, 9.17) is 33.7 Å². The first-order valence-corrected chi connectivity index (χ1v) is 6.69. The third-order valence-corrected chi connectivity index (χ3v) is 3.32. The van der Waals surface area contributed by atoms with Crippen LogP contribution in [0.25, 0.3) is 5.69 Å². The molecule has 0 aliphatic carbocycles. The second-order valence-electron chi connectivity index (χ2n) is 4.02. The molecule has 0 aliphatic heterocycles. The van der Waals surface area contributed by atoms with Crippen LogP contribution in [0.2, 0.25) is 10.0 Å². The molecule has 5 nitrogen and oxygen atoms in total. The van der Waals surface area contributed by atoms with Gasteiger partial charge in [0.05, 0.1) is 22.3 Å². The maximum absolute atomic E-state index is 11.8. The van der Waals surface area contributed by atoms with Crippen LogP contribution in [0, 0.1) is 6.92 Å². The molecule has 0 spiro atoms. The van der Waals surface area contributed by atoms with Gasteiger partial charge in [0.15, 0.2) is 5.69 Å². The van der Waals surface area contributed by atoms with Gasteiger partial charge in [0.1, 0.15) is 11.6 Å². The van der Waals surface area contributed by atoms with Crippen molar-refractivity contribution < 1.29 is 9.53 Å². The maximum Gasteiger partial charge on any atom is 0.360 e. The van der Waals surface area contributed by atoms with Gasteiger partial charge in [-0.1, -0.05) is 29.3 Å². The number of nitrogens with two attached hydrogens (primary N) is 1. The van der Waals surface area contributed by atoms with Gasteiger partial charge in [-0.05, 0) is 26.0 Å². The summed E-state index contributed by atoms with van der Waals surface area (Å²) in [7, 11) is 0. The van der Waals surface area contributed by atoms with Crippen LogP contribution in [0.5, 0.6) is 0 Å². The summed E-state index contributed by atoms with van der Waals surface area (Å²) in [6, 6.07) is 5.10. The van der Waals surface area contributed by atoms with Crippen LogP contribution >= 0.6 is 23.2 Å². The quantitative estimate of drug-likeness (QED) is 0.883. The van der Waals surface area contributed by atoms with Crippen LogP contribution in [-0.2, 0) is 4.74 Å². The summed E-state index contributed by atoms with van der Waals surface area (Å²) in [6.45, 7) is 3.67. The van der Waals surface area contributed by atoms with Gasteiger partial charge in [0, 0.05) is 0 Å². The van der Waals surface area contributed by atoms with Gasteiger partial charge >= 0.3 is 5.97 Å². The number of aryl methyl sites for hydroxylation is 1. The summed E-state index contributed by atoms with van der Waals surface area (Å²) in [5, 5.41) is 0.834. The molecule has 1 aromatic heterocycles. The Morgan fingerprint density at radius 3 is 2.55 bits per heavy atom. The number of para-hydroxylation sites is 1. The third-order valence-electron chi connectivity index (χ3n) is 2.71. The number of rotatable bonds is 3. The third kappa shape index (κ3) is 2.46. The molecule has 0 bridgehead atoms. The SMILES string of the molecule is CCOC(=O)c1nc(C)n(-c2c(Cl)cccc2Cl)c1N. The standard InChI is InChI=1S/C13H13Cl2N3O2/c1-3-20-13(19)10-12(16)18(7(2)17-10)11-8(14)5-4-6-9(11)15/h4-6H,3,16H2,1-2H3. The molecule has 2 aromatic rings. The summed E-state index contributed by atoms with van der Waals surface area (Å²) < 4.78 is 6.45. The largest absolute Gasteiger partial charge is 0.461 e. The lowest BCUT2D eigenvalue weighted by molar-refractivity contribution is 0.0521. The van der Waals surface area contributed by atoms with Gasteiger partial charge in [0.2, 0.25) is 0 Å². The minimum absolute atomic E-state index is 0.0559. The molecule has 2 rings (SSSR count). The van der Waals surface area contributed by atoms with Crippen molar-refractivity contribution in [2.75, 3.05) is 12.3 Å². The molecule has 106 valence electrons. The Morgan fingerprint density at radius 2 is 2.00 bits per heavy atom. The number of esters is 1. The van der Waals surface area contributed by atoms with Gasteiger partial charge in [-0.15, -0.1) is 0 Å². The number of nitrogen functional groups attached to an aromatic ring is 1. The number of ether oxygens (including phenoxy) is 1. The first-order valence-electron chi connectivity index (χ1n) is 5.93. The lowest BCUT2D eigenvalue weighted by atomic mass is 10.3. The van der Waals surface area contributed by atoms with Crippen molar-refractivity contribution >= 4 is 35.0 Å². The number of hydrogen-bond acceptors (Lipinski definition) is 4. The molecule has 0 atom stereocenters. The predicted molar refractivity (Wildman–Crippen MR) is 78.7 cm³/mol. The molecule has 7 heteroatoms. The van der Waals surface area contributed by atoms with Crippen LogP contribution in [0.4, 0.5) is 5.82 Å². The number of imidazole rings is 1. The highest BCUT2D eigenvalue weighted by Gasteiger charge is 2.22. The zero-order valence-electron chi connectivity index (χ0n) is 11.0. The van der Waals surface area contributed by atoms with Gasteiger partial charge in [-0.25, -0.2) is 9.78 Å². The Hall–Kier alpha value is -1.72. The Labute approximate surface area is 126 Å². The summed E-state index contributed by atoms with van der Waals surface area (Å²) >= 11 is 12.3. The molecule has 0 fully saturated rings. The molecular weight excluding hydrogens is 301 g/mol. The number of carbonyl (C=O) groups excluding carboxylic acids is 1. The van der Waals surface area contributed by atoms with Crippen LogP contribution < -0.4 is 5.73 Å². The van der Waals surface area contributed by atoms with E-state index >= 15 is 0 Å². The van der Waals surface area contributed by atoms with Gasteiger partial charge in [-0.3, -0.25) is 4.57 Å². The molecule has 20 heavy (non-hydrogen) atoms. The monoisotopic (exact) mass is 313 g/mol. The summed E-state index contributed by atoms with van der Waals surface area (Å²) in [5.74, 6) is 0.0755. The fourth-order valence-electron chi connectivity index (χ4n) is 1.88. The van der Waals surface area contributed by atoms with Crippen molar-refractivity contribution in [2.24, 2.45) is 0 Å². The molecule has 0 unspecified atom stereocenters. The summed E-state index contributed by atoms with van der Waals surface area (Å²) in [6.07, 6.45) is 0. The van der Waals surface area contributed by atoms with E-state index in [9.17, 15) is 4.79 Å². The maximum atomic E-state index is 11.8. The molecular formula is C13H13Cl2N3O2. The number of aromatic nitrogens is 2. The zero-order chi connectivity index (χ0) is 14.9. The Kier molecular flexibility index (Phi) is 4.20. The molecule has 1 heterocycles. The van der Waals surface area contributed by atoms with E-state index in [2.05, 4.69) is 4.98 Å². The van der Waals surface area contributed by atoms with E-state index in [0.29, 0.717) is 21.6 Å². The van der Waals surface area contributed by atoms with Gasteiger partial charge in [-0.2, -0.15) is 0 Å². The van der Waals surface area contributed by atoms with E-state index in [0.717, 1.165) is 0 Å². The smallest absolute Gasteiger partial charge is 0.360 e.